The zero-order valence-electron chi connectivity index (χ0n) is 11.2. The number of amides is 1. The van der Waals surface area contributed by atoms with Gasteiger partial charge < -0.3 is 10.1 Å². The van der Waals surface area contributed by atoms with E-state index in [9.17, 15) is 4.79 Å². The lowest BCUT2D eigenvalue weighted by atomic mass is 10.0. The van der Waals surface area contributed by atoms with Crippen LogP contribution in [0.25, 0.3) is 0 Å². The van der Waals surface area contributed by atoms with Crippen molar-refractivity contribution in [1.82, 2.24) is 5.32 Å². The van der Waals surface area contributed by atoms with Gasteiger partial charge in [-0.2, -0.15) is 0 Å². The number of rotatable bonds is 2. The van der Waals surface area contributed by atoms with Crippen LogP contribution in [-0.2, 0) is 4.74 Å². The molecule has 1 amide bonds. The summed E-state index contributed by atoms with van der Waals surface area (Å²) in [7, 11) is 0. The summed E-state index contributed by atoms with van der Waals surface area (Å²) in [5.41, 5.74) is 1.81. The second-order valence-electron chi connectivity index (χ2n) is 5.22. The Bertz CT molecular complexity index is 393. The van der Waals surface area contributed by atoms with Crippen LogP contribution in [0.2, 0.25) is 0 Å². The smallest absolute Gasteiger partial charge is 0.408 e. The maximum absolute atomic E-state index is 11.6. The summed E-state index contributed by atoms with van der Waals surface area (Å²) < 4.78 is 5.22. The van der Waals surface area contributed by atoms with Crippen LogP contribution in [0.4, 0.5) is 4.79 Å². The van der Waals surface area contributed by atoms with Crippen LogP contribution in [0.1, 0.15) is 44.9 Å². The molecule has 1 aromatic carbocycles. The molecule has 0 aliphatic carbocycles. The Kier molecular flexibility index (Phi) is 4.16. The second kappa shape index (κ2) is 5.21. The summed E-state index contributed by atoms with van der Waals surface area (Å²) in [6.45, 7) is 9.54. The first-order valence-corrected chi connectivity index (χ1v) is 5.84. The van der Waals surface area contributed by atoms with E-state index in [1.54, 1.807) is 0 Å². The van der Waals surface area contributed by atoms with E-state index in [2.05, 4.69) is 5.32 Å². The molecule has 94 valence electrons. The average Bonchev–Trinajstić information content (AvgIpc) is 2.14. The topological polar surface area (TPSA) is 38.3 Å². The maximum atomic E-state index is 11.6. The van der Waals surface area contributed by atoms with Crippen molar-refractivity contribution in [2.24, 2.45) is 0 Å². The third-order valence-electron chi connectivity index (χ3n) is 2.39. The first kappa shape index (κ1) is 13.6. The van der Waals surface area contributed by atoms with Crippen molar-refractivity contribution in [2.45, 2.75) is 46.3 Å². The first-order valence-electron chi connectivity index (χ1n) is 5.84. The van der Waals surface area contributed by atoms with Crippen LogP contribution in [0.15, 0.2) is 24.3 Å². The maximum Gasteiger partial charge on any atom is 0.408 e. The minimum Gasteiger partial charge on any atom is -0.444 e. The van der Waals surface area contributed by atoms with Crippen molar-refractivity contribution in [3.05, 3.63) is 35.4 Å². The van der Waals surface area contributed by atoms with Crippen LogP contribution in [-0.4, -0.2) is 11.7 Å². The number of alkyl carbamates (subject to hydrolysis) is 1. The first-order chi connectivity index (χ1) is 7.79. The molecule has 0 aliphatic rings. The number of carbonyl (C=O) groups is 1. The molecule has 1 aromatic rings. The Morgan fingerprint density at radius 3 is 2.41 bits per heavy atom. The predicted molar refractivity (Wildman–Crippen MR) is 69.0 cm³/mol. The standard InChI is InChI=1S/C14H21NO2/c1-10-8-6-7-9-12(10)11(2)15-13(16)17-14(3,4)5/h6-9,11H,1-5H3,(H,15,16). The van der Waals surface area contributed by atoms with Gasteiger partial charge in [0.25, 0.3) is 0 Å². The molecule has 1 N–H and O–H groups in total. The lowest BCUT2D eigenvalue weighted by Gasteiger charge is -2.22. The molecule has 0 saturated heterocycles. The van der Waals surface area contributed by atoms with Gasteiger partial charge in [-0.15, -0.1) is 0 Å². The molecule has 1 rings (SSSR count). The highest BCUT2D eigenvalue weighted by Gasteiger charge is 2.18. The Balaban J connectivity index is 2.64. The number of nitrogens with one attached hydrogen (secondary N) is 1. The SMILES string of the molecule is Cc1ccccc1C(C)NC(=O)OC(C)(C)C. The van der Waals surface area contributed by atoms with Gasteiger partial charge in [-0.05, 0) is 45.7 Å². The van der Waals surface area contributed by atoms with Gasteiger partial charge in [-0.1, -0.05) is 24.3 Å². The highest BCUT2D eigenvalue weighted by molar-refractivity contribution is 5.68. The Morgan fingerprint density at radius 2 is 1.88 bits per heavy atom. The van der Waals surface area contributed by atoms with Gasteiger partial charge in [0, 0.05) is 0 Å². The van der Waals surface area contributed by atoms with Crippen LogP contribution in [0, 0.1) is 6.92 Å². The van der Waals surface area contributed by atoms with E-state index in [4.69, 9.17) is 4.74 Å². The van der Waals surface area contributed by atoms with E-state index in [1.807, 2.05) is 58.9 Å². The molecular weight excluding hydrogens is 214 g/mol. The number of hydrogen-bond donors (Lipinski definition) is 1. The summed E-state index contributed by atoms with van der Waals surface area (Å²) in [5.74, 6) is 0. The number of hydrogen-bond acceptors (Lipinski definition) is 2. The molecular formula is C14H21NO2. The van der Waals surface area contributed by atoms with Gasteiger partial charge >= 0.3 is 6.09 Å². The van der Waals surface area contributed by atoms with E-state index in [0.29, 0.717) is 0 Å². The molecule has 0 aromatic heterocycles. The molecule has 0 aliphatic heterocycles. The molecule has 0 fully saturated rings. The summed E-state index contributed by atoms with van der Waals surface area (Å²) in [6, 6.07) is 7.94. The quantitative estimate of drug-likeness (QED) is 0.850. The second-order valence-corrected chi connectivity index (χ2v) is 5.22. The lowest BCUT2D eigenvalue weighted by Crippen LogP contribution is -2.34. The van der Waals surface area contributed by atoms with E-state index in [0.717, 1.165) is 11.1 Å². The monoisotopic (exact) mass is 235 g/mol. The van der Waals surface area contributed by atoms with Crippen molar-refractivity contribution >= 4 is 6.09 Å². The summed E-state index contributed by atoms with van der Waals surface area (Å²) in [5, 5.41) is 2.83. The zero-order valence-corrected chi connectivity index (χ0v) is 11.2. The fraction of sp³-hybridized carbons (Fsp3) is 0.500. The van der Waals surface area contributed by atoms with Gasteiger partial charge in [0.2, 0.25) is 0 Å². The Labute approximate surface area is 103 Å². The minimum atomic E-state index is -0.463. The summed E-state index contributed by atoms with van der Waals surface area (Å²) >= 11 is 0. The van der Waals surface area contributed by atoms with E-state index in [1.165, 1.54) is 0 Å². The summed E-state index contributed by atoms with van der Waals surface area (Å²) in [6.07, 6.45) is -0.381. The van der Waals surface area contributed by atoms with E-state index >= 15 is 0 Å². The van der Waals surface area contributed by atoms with Crippen LogP contribution < -0.4 is 5.32 Å². The normalized spacial score (nSPS) is 13.0. The Hall–Kier alpha value is -1.51. The summed E-state index contributed by atoms with van der Waals surface area (Å²) in [4.78, 5) is 11.6. The lowest BCUT2D eigenvalue weighted by molar-refractivity contribution is 0.0508. The molecule has 0 bridgehead atoms. The van der Waals surface area contributed by atoms with E-state index in [-0.39, 0.29) is 12.1 Å². The highest BCUT2D eigenvalue weighted by atomic mass is 16.6. The van der Waals surface area contributed by atoms with Crippen LogP contribution in [0.3, 0.4) is 0 Å². The highest BCUT2D eigenvalue weighted by Crippen LogP contribution is 2.17. The minimum absolute atomic E-state index is 0.0500. The van der Waals surface area contributed by atoms with Crippen LogP contribution >= 0.6 is 0 Å². The fourth-order valence-electron chi connectivity index (χ4n) is 1.63. The number of aryl methyl sites for hydroxylation is 1. The third kappa shape index (κ3) is 4.47. The molecule has 17 heavy (non-hydrogen) atoms. The fourth-order valence-corrected chi connectivity index (χ4v) is 1.63. The van der Waals surface area contributed by atoms with E-state index < -0.39 is 5.60 Å². The third-order valence-corrected chi connectivity index (χ3v) is 2.39. The van der Waals surface area contributed by atoms with Gasteiger partial charge in [-0.25, -0.2) is 4.79 Å². The van der Waals surface area contributed by atoms with Crippen molar-refractivity contribution in [3.8, 4) is 0 Å². The molecule has 3 nitrogen and oxygen atoms in total. The van der Waals surface area contributed by atoms with Gasteiger partial charge in [0.05, 0.1) is 6.04 Å². The average molecular weight is 235 g/mol. The van der Waals surface area contributed by atoms with Crippen molar-refractivity contribution in [1.29, 1.82) is 0 Å². The largest absolute Gasteiger partial charge is 0.444 e. The predicted octanol–water partition coefficient (Wildman–Crippen LogP) is 3.58. The van der Waals surface area contributed by atoms with Crippen molar-refractivity contribution in [3.63, 3.8) is 0 Å². The molecule has 0 saturated carbocycles. The zero-order chi connectivity index (χ0) is 13.1. The number of ether oxygens (including phenoxy) is 1. The van der Waals surface area contributed by atoms with Crippen molar-refractivity contribution in [2.75, 3.05) is 0 Å². The molecule has 1 atom stereocenters. The Morgan fingerprint density at radius 1 is 1.29 bits per heavy atom. The van der Waals surface area contributed by atoms with Gasteiger partial charge in [0.15, 0.2) is 0 Å². The molecule has 0 spiro atoms. The molecule has 1 unspecified atom stereocenters. The van der Waals surface area contributed by atoms with Crippen molar-refractivity contribution < 1.29 is 9.53 Å². The number of benzene rings is 1. The van der Waals surface area contributed by atoms with Gasteiger partial charge in [0.1, 0.15) is 5.60 Å². The van der Waals surface area contributed by atoms with Gasteiger partial charge in [-0.3, -0.25) is 0 Å². The molecule has 3 heteroatoms. The number of carbonyl (C=O) groups excluding carboxylic acids is 1. The van der Waals surface area contributed by atoms with Crippen LogP contribution in [0.5, 0.6) is 0 Å². The molecule has 0 radical (unpaired) electrons. The molecule has 0 heterocycles.